The standard InChI is InChI=1S/C21H26N4O4S/c1-13(2)21-23-15(12-30-21)11-22-18(26)7-8-19-24-25-20(29-19)10-14-9-16(27-3)5-6-17(14)28-4/h5-6,9,12-13H,7-8,10-11H2,1-4H3,(H,22,26). The van der Waals surface area contributed by atoms with Crippen molar-refractivity contribution in [1.82, 2.24) is 20.5 Å². The fourth-order valence-electron chi connectivity index (χ4n) is 2.81. The second kappa shape index (κ2) is 10.2. The molecule has 0 saturated heterocycles. The highest BCUT2D eigenvalue weighted by Crippen LogP contribution is 2.26. The highest BCUT2D eigenvalue weighted by Gasteiger charge is 2.13. The first-order chi connectivity index (χ1) is 14.5. The second-order valence-electron chi connectivity index (χ2n) is 7.05. The van der Waals surface area contributed by atoms with Crippen LogP contribution in [0.5, 0.6) is 11.5 Å². The summed E-state index contributed by atoms with van der Waals surface area (Å²) in [6.07, 6.45) is 1.06. The minimum Gasteiger partial charge on any atom is -0.497 e. The third kappa shape index (κ3) is 5.79. The number of rotatable bonds is 10. The van der Waals surface area contributed by atoms with Crippen molar-refractivity contribution >= 4 is 17.2 Å². The van der Waals surface area contributed by atoms with Gasteiger partial charge in [0.05, 0.1) is 37.9 Å². The maximum absolute atomic E-state index is 12.1. The van der Waals surface area contributed by atoms with Gasteiger partial charge in [-0.1, -0.05) is 13.8 Å². The summed E-state index contributed by atoms with van der Waals surface area (Å²) in [5.41, 5.74) is 1.76. The van der Waals surface area contributed by atoms with E-state index < -0.39 is 0 Å². The van der Waals surface area contributed by atoms with Crippen molar-refractivity contribution in [2.24, 2.45) is 0 Å². The van der Waals surface area contributed by atoms with Crippen LogP contribution in [0.4, 0.5) is 0 Å². The molecule has 3 rings (SSSR count). The minimum atomic E-state index is -0.0803. The van der Waals surface area contributed by atoms with Gasteiger partial charge < -0.3 is 19.2 Å². The molecule has 0 bridgehead atoms. The summed E-state index contributed by atoms with van der Waals surface area (Å²) in [5, 5.41) is 14.1. The Morgan fingerprint density at radius 2 is 2.00 bits per heavy atom. The highest BCUT2D eigenvalue weighted by molar-refractivity contribution is 7.09. The van der Waals surface area contributed by atoms with Crippen LogP contribution < -0.4 is 14.8 Å². The Labute approximate surface area is 179 Å². The van der Waals surface area contributed by atoms with Crippen LogP contribution in [0, 0.1) is 0 Å². The average molecular weight is 431 g/mol. The molecule has 8 nitrogen and oxygen atoms in total. The van der Waals surface area contributed by atoms with E-state index in [1.165, 1.54) is 0 Å². The third-order valence-corrected chi connectivity index (χ3v) is 5.63. The largest absolute Gasteiger partial charge is 0.497 e. The molecular weight excluding hydrogens is 404 g/mol. The van der Waals surface area contributed by atoms with E-state index in [4.69, 9.17) is 13.9 Å². The molecule has 1 amide bonds. The zero-order valence-corrected chi connectivity index (χ0v) is 18.4. The molecular formula is C21H26N4O4S. The molecule has 0 aliphatic heterocycles. The summed E-state index contributed by atoms with van der Waals surface area (Å²) < 4.78 is 16.3. The molecule has 0 aliphatic rings. The second-order valence-corrected chi connectivity index (χ2v) is 7.94. The smallest absolute Gasteiger partial charge is 0.221 e. The van der Waals surface area contributed by atoms with Gasteiger partial charge in [0.1, 0.15) is 11.5 Å². The van der Waals surface area contributed by atoms with Gasteiger partial charge in [-0.25, -0.2) is 4.98 Å². The summed E-state index contributed by atoms with van der Waals surface area (Å²) in [6, 6.07) is 5.54. The maximum atomic E-state index is 12.1. The van der Waals surface area contributed by atoms with Crippen molar-refractivity contribution in [3.8, 4) is 11.5 Å². The number of carbonyl (C=O) groups is 1. The molecule has 1 N–H and O–H groups in total. The number of thiazole rings is 1. The van der Waals surface area contributed by atoms with Crippen LogP contribution in [0.15, 0.2) is 28.0 Å². The summed E-state index contributed by atoms with van der Waals surface area (Å²) in [6.45, 7) is 4.63. The number of ether oxygens (including phenoxy) is 2. The van der Waals surface area contributed by atoms with Crippen molar-refractivity contribution in [3.63, 3.8) is 0 Å². The number of aryl methyl sites for hydroxylation is 1. The lowest BCUT2D eigenvalue weighted by molar-refractivity contribution is -0.121. The van der Waals surface area contributed by atoms with Crippen molar-refractivity contribution in [2.75, 3.05) is 14.2 Å². The van der Waals surface area contributed by atoms with Gasteiger partial charge in [0.25, 0.3) is 0 Å². The number of nitrogens with one attached hydrogen (secondary N) is 1. The normalized spacial score (nSPS) is 11.0. The summed E-state index contributed by atoms with van der Waals surface area (Å²) in [4.78, 5) is 16.6. The molecule has 9 heteroatoms. The molecule has 0 radical (unpaired) electrons. The Morgan fingerprint density at radius 1 is 1.20 bits per heavy atom. The van der Waals surface area contributed by atoms with Crippen LogP contribution in [-0.2, 0) is 24.2 Å². The third-order valence-electron chi connectivity index (χ3n) is 4.43. The molecule has 160 valence electrons. The van der Waals surface area contributed by atoms with Crippen molar-refractivity contribution in [3.05, 3.63) is 51.6 Å². The summed E-state index contributed by atoms with van der Waals surface area (Å²) in [7, 11) is 3.22. The fourth-order valence-corrected chi connectivity index (χ4v) is 3.65. The Hall–Kier alpha value is -2.94. The Kier molecular flexibility index (Phi) is 7.40. The number of benzene rings is 1. The van der Waals surface area contributed by atoms with Crippen LogP contribution in [0.2, 0.25) is 0 Å². The molecule has 30 heavy (non-hydrogen) atoms. The van der Waals surface area contributed by atoms with Crippen LogP contribution in [0.1, 0.15) is 54.2 Å². The maximum Gasteiger partial charge on any atom is 0.221 e. The van der Waals surface area contributed by atoms with Crippen molar-refractivity contribution in [2.45, 2.75) is 45.6 Å². The Balaban J connectivity index is 1.50. The molecule has 1 aromatic carbocycles. The molecule has 0 saturated carbocycles. The van der Waals surface area contributed by atoms with Gasteiger partial charge in [-0.05, 0) is 18.2 Å². The minimum absolute atomic E-state index is 0.0803. The number of aromatic nitrogens is 3. The van der Waals surface area contributed by atoms with Crippen LogP contribution >= 0.6 is 11.3 Å². The molecule has 0 atom stereocenters. The quantitative estimate of drug-likeness (QED) is 0.525. The predicted octanol–water partition coefficient (Wildman–Crippen LogP) is 3.51. The van der Waals surface area contributed by atoms with Crippen LogP contribution in [0.25, 0.3) is 0 Å². The molecule has 0 fully saturated rings. The lowest BCUT2D eigenvalue weighted by atomic mass is 10.1. The van der Waals surface area contributed by atoms with Gasteiger partial charge in [-0.15, -0.1) is 21.5 Å². The van der Waals surface area contributed by atoms with E-state index in [1.807, 2.05) is 23.6 Å². The molecule has 0 unspecified atom stereocenters. The zero-order chi connectivity index (χ0) is 21.5. The summed E-state index contributed by atoms with van der Waals surface area (Å²) in [5.74, 6) is 2.64. The van der Waals surface area contributed by atoms with Gasteiger partial charge in [-0.2, -0.15) is 0 Å². The molecule has 2 heterocycles. The predicted molar refractivity (Wildman–Crippen MR) is 113 cm³/mol. The van der Waals surface area contributed by atoms with E-state index in [0.29, 0.717) is 37.1 Å². The van der Waals surface area contributed by atoms with Gasteiger partial charge >= 0.3 is 0 Å². The molecule has 0 aliphatic carbocycles. The van der Waals surface area contributed by atoms with E-state index in [9.17, 15) is 4.79 Å². The summed E-state index contributed by atoms with van der Waals surface area (Å²) >= 11 is 1.62. The van der Waals surface area contributed by atoms with Gasteiger partial charge in [-0.3, -0.25) is 4.79 Å². The number of hydrogen-bond donors (Lipinski definition) is 1. The topological polar surface area (TPSA) is 99.4 Å². The van der Waals surface area contributed by atoms with E-state index in [0.717, 1.165) is 27.8 Å². The fraction of sp³-hybridized carbons (Fsp3) is 0.429. The molecule has 3 aromatic rings. The van der Waals surface area contributed by atoms with Crippen molar-refractivity contribution in [1.29, 1.82) is 0 Å². The van der Waals surface area contributed by atoms with Crippen molar-refractivity contribution < 1.29 is 18.7 Å². The molecule has 0 spiro atoms. The van der Waals surface area contributed by atoms with Crippen LogP contribution in [-0.4, -0.2) is 35.3 Å². The average Bonchev–Trinajstić information content (AvgIpc) is 3.40. The van der Waals surface area contributed by atoms with E-state index in [2.05, 4.69) is 34.3 Å². The number of carbonyl (C=O) groups excluding carboxylic acids is 1. The SMILES string of the molecule is COc1ccc(OC)c(Cc2nnc(CCC(=O)NCc3csc(C(C)C)n3)o2)c1. The zero-order valence-electron chi connectivity index (χ0n) is 17.6. The highest BCUT2D eigenvalue weighted by atomic mass is 32.1. The Morgan fingerprint density at radius 3 is 2.70 bits per heavy atom. The van der Waals surface area contributed by atoms with Gasteiger partial charge in [0.2, 0.25) is 17.7 Å². The van der Waals surface area contributed by atoms with Crippen LogP contribution in [0.3, 0.4) is 0 Å². The van der Waals surface area contributed by atoms with Gasteiger partial charge in [0, 0.05) is 29.7 Å². The number of nitrogens with zero attached hydrogens (tertiary/aromatic N) is 3. The van der Waals surface area contributed by atoms with Gasteiger partial charge in [0.15, 0.2) is 0 Å². The van der Waals surface area contributed by atoms with E-state index in [-0.39, 0.29) is 12.3 Å². The first-order valence-corrected chi connectivity index (χ1v) is 10.6. The lowest BCUT2D eigenvalue weighted by Crippen LogP contribution is -2.23. The first kappa shape index (κ1) is 21.8. The molecule has 2 aromatic heterocycles. The first-order valence-electron chi connectivity index (χ1n) is 9.71. The lowest BCUT2D eigenvalue weighted by Gasteiger charge is -2.08. The van der Waals surface area contributed by atoms with E-state index >= 15 is 0 Å². The number of amides is 1. The number of methoxy groups -OCH3 is 2. The number of hydrogen-bond acceptors (Lipinski definition) is 8. The Bertz CT molecular complexity index is 983. The van der Waals surface area contributed by atoms with E-state index in [1.54, 1.807) is 25.6 Å². The monoisotopic (exact) mass is 430 g/mol.